The molecule has 5 nitrogen and oxygen atoms in total. The van der Waals surface area contributed by atoms with E-state index in [4.69, 9.17) is 10.3 Å². The van der Waals surface area contributed by atoms with Gasteiger partial charge in [-0.2, -0.15) is 0 Å². The zero-order chi connectivity index (χ0) is 13.8. The molecular weight excluding hydrogens is 240 g/mol. The quantitative estimate of drug-likeness (QED) is 0.889. The topological polar surface area (TPSA) is 68.2 Å². The molecule has 0 fully saturated rings. The highest BCUT2D eigenvalue weighted by Gasteiger charge is 2.22. The molecule has 2 heterocycles. The third-order valence-electron chi connectivity index (χ3n) is 3.11. The molecule has 0 saturated carbocycles. The molecule has 0 amide bonds. The summed E-state index contributed by atoms with van der Waals surface area (Å²) in [5, 5.41) is 4.02. The number of pyridine rings is 1. The van der Waals surface area contributed by atoms with Crippen LogP contribution in [0.4, 0.5) is 0 Å². The largest absolute Gasteiger partial charge is 0.361 e. The summed E-state index contributed by atoms with van der Waals surface area (Å²) in [5.41, 5.74) is 8.20. The zero-order valence-electron chi connectivity index (χ0n) is 11.6. The summed E-state index contributed by atoms with van der Waals surface area (Å²) in [6, 6.07) is 6.08. The van der Waals surface area contributed by atoms with E-state index in [0.717, 1.165) is 17.0 Å². The van der Waals surface area contributed by atoms with Crippen LogP contribution in [0.5, 0.6) is 0 Å². The number of hydrogen-bond donors (Lipinski definition) is 1. The normalized spacial score (nSPS) is 14.6. The second kappa shape index (κ2) is 5.95. The molecule has 2 N–H and O–H groups in total. The van der Waals surface area contributed by atoms with E-state index in [1.807, 2.05) is 39.1 Å². The zero-order valence-corrected chi connectivity index (χ0v) is 11.6. The molecular formula is C14H20N4O. The molecule has 0 aliphatic carbocycles. The van der Waals surface area contributed by atoms with Crippen molar-refractivity contribution < 1.29 is 4.52 Å². The van der Waals surface area contributed by atoms with Crippen LogP contribution in [0.25, 0.3) is 0 Å². The molecule has 2 unspecified atom stereocenters. The fourth-order valence-electron chi connectivity index (χ4n) is 2.37. The van der Waals surface area contributed by atoms with Gasteiger partial charge in [-0.3, -0.25) is 9.88 Å². The van der Waals surface area contributed by atoms with Gasteiger partial charge in [0.05, 0.1) is 5.69 Å². The van der Waals surface area contributed by atoms with Gasteiger partial charge in [-0.05, 0) is 38.6 Å². The molecule has 0 bridgehead atoms. The lowest BCUT2D eigenvalue weighted by molar-refractivity contribution is 0.205. The number of aryl methyl sites for hydroxylation is 1. The van der Waals surface area contributed by atoms with Gasteiger partial charge in [-0.1, -0.05) is 5.16 Å². The molecule has 19 heavy (non-hydrogen) atoms. The lowest BCUT2D eigenvalue weighted by Crippen LogP contribution is -2.37. The van der Waals surface area contributed by atoms with Crippen molar-refractivity contribution in [1.82, 2.24) is 15.0 Å². The Hall–Kier alpha value is -1.72. The Morgan fingerprint density at radius 3 is 2.58 bits per heavy atom. The number of nitrogens with two attached hydrogens (primary N) is 1. The van der Waals surface area contributed by atoms with Crippen LogP contribution in [0.1, 0.15) is 30.0 Å². The van der Waals surface area contributed by atoms with Crippen molar-refractivity contribution in [2.75, 3.05) is 7.05 Å². The molecule has 0 radical (unpaired) electrons. The van der Waals surface area contributed by atoms with E-state index in [1.54, 1.807) is 12.4 Å². The van der Waals surface area contributed by atoms with Gasteiger partial charge in [0.25, 0.3) is 0 Å². The third-order valence-corrected chi connectivity index (χ3v) is 3.11. The van der Waals surface area contributed by atoms with Gasteiger partial charge in [0, 0.05) is 37.1 Å². The van der Waals surface area contributed by atoms with Crippen LogP contribution in [0, 0.1) is 6.92 Å². The highest BCUT2D eigenvalue weighted by atomic mass is 16.5. The predicted molar refractivity (Wildman–Crippen MR) is 73.3 cm³/mol. The molecule has 0 aliphatic heterocycles. The summed E-state index contributed by atoms with van der Waals surface area (Å²) in [6.45, 7) is 4.60. The van der Waals surface area contributed by atoms with Gasteiger partial charge < -0.3 is 10.3 Å². The fourth-order valence-corrected chi connectivity index (χ4v) is 2.37. The molecule has 0 aromatic carbocycles. The van der Waals surface area contributed by atoms with E-state index >= 15 is 0 Å². The predicted octanol–water partition coefficient (Wildman–Crippen LogP) is 1.90. The molecule has 2 aromatic heterocycles. The first-order valence-electron chi connectivity index (χ1n) is 6.36. The minimum absolute atomic E-state index is 0.0143. The smallest absolute Gasteiger partial charge is 0.133 e. The lowest BCUT2D eigenvalue weighted by Gasteiger charge is -2.30. The minimum Gasteiger partial charge on any atom is -0.361 e. The highest BCUT2D eigenvalue weighted by Crippen LogP contribution is 2.23. The first-order valence-corrected chi connectivity index (χ1v) is 6.36. The molecule has 0 saturated heterocycles. The minimum atomic E-state index is 0.0143. The van der Waals surface area contributed by atoms with Gasteiger partial charge >= 0.3 is 0 Å². The van der Waals surface area contributed by atoms with Crippen LogP contribution in [0.2, 0.25) is 0 Å². The van der Waals surface area contributed by atoms with Crippen LogP contribution in [-0.2, 0) is 6.54 Å². The third kappa shape index (κ3) is 3.39. The van der Waals surface area contributed by atoms with Crippen molar-refractivity contribution in [3.05, 3.63) is 47.6 Å². The molecule has 5 heteroatoms. The Morgan fingerprint density at radius 1 is 1.37 bits per heavy atom. The number of rotatable bonds is 5. The molecule has 2 atom stereocenters. The fraction of sp³-hybridized carbons (Fsp3) is 0.429. The van der Waals surface area contributed by atoms with Crippen molar-refractivity contribution in [3.8, 4) is 0 Å². The van der Waals surface area contributed by atoms with E-state index in [-0.39, 0.29) is 12.1 Å². The van der Waals surface area contributed by atoms with Crippen LogP contribution in [0.15, 0.2) is 35.1 Å². The van der Waals surface area contributed by atoms with E-state index < -0.39 is 0 Å². The van der Waals surface area contributed by atoms with Gasteiger partial charge in [0.15, 0.2) is 0 Å². The van der Waals surface area contributed by atoms with Crippen molar-refractivity contribution in [2.45, 2.75) is 32.5 Å². The summed E-state index contributed by atoms with van der Waals surface area (Å²) in [5.74, 6) is 0.824. The Balaban J connectivity index is 2.15. The number of nitrogens with zero attached hydrogens (tertiary/aromatic N) is 3. The molecule has 0 aliphatic rings. The van der Waals surface area contributed by atoms with Crippen molar-refractivity contribution >= 4 is 0 Å². The maximum absolute atomic E-state index is 6.12. The van der Waals surface area contributed by atoms with Gasteiger partial charge in [-0.15, -0.1) is 0 Å². The molecule has 102 valence electrons. The van der Waals surface area contributed by atoms with Crippen molar-refractivity contribution in [2.24, 2.45) is 5.73 Å². The van der Waals surface area contributed by atoms with E-state index in [2.05, 4.69) is 15.0 Å². The Labute approximate surface area is 113 Å². The van der Waals surface area contributed by atoms with E-state index in [1.165, 1.54) is 0 Å². The summed E-state index contributed by atoms with van der Waals surface area (Å²) < 4.78 is 5.09. The second-order valence-electron chi connectivity index (χ2n) is 4.93. The first-order chi connectivity index (χ1) is 9.08. The van der Waals surface area contributed by atoms with Gasteiger partial charge in [0.1, 0.15) is 5.76 Å². The highest BCUT2D eigenvalue weighted by molar-refractivity contribution is 5.17. The van der Waals surface area contributed by atoms with E-state index in [9.17, 15) is 0 Å². The second-order valence-corrected chi connectivity index (χ2v) is 4.93. The van der Waals surface area contributed by atoms with Crippen LogP contribution >= 0.6 is 0 Å². The Kier molecular flexibility index (Phi) is 4.29. The van der Waals surface area contributed by atoms with Crippen LogP contribution in [0.3, 0.4) is 0 Å². The summed E-state index contributed by atoms with van der Waals surface area (Å²) >= 11 is 0. The van der Waals surface area contributed by atoms with Crippen molar-refractivity contribution in [3.63, 3.8) is 0 Å². The molecule has 2 aromatic rings. The SMILES string of the molecule is Cc1cc(CN(C)C(c2ccncc2)C(C)N)no1. The lowest BCUT2D eigenvalue weighted by atomic mass is 10.0. The summed E-state index contributed by atoms with van der Waals surface area (Å²) in [7, 11) is 2.04. The number of likely N-dealkylation sites (N-methyl/N-ethyl adjacent to an activating group) is 1. The van der Waals surface area contributed by atoms with Crippen molar-refractivity contribution in [1.29, 1.82) is 0 Å². The van der Waals surface area contributed by atoms with Crippen LogP contribution < -0.4 is 5.73 Å². The van der Waals surface area contributed by atoms with Crippen LogP contribution in [-0.4, -0.2) is 28.1 Å². The Bertz CT molecular complexity index is 509. The summed E-state index contributed by atoms with van der Waals surface area (Å²) in [4.78, 5) is 6.22. The molecule has 0 spiro atoms. The standard InChI is InChI=1S/C14H20N4O/c1-10-8-13(17-19-10)9-18(3)14(11(2)15)12-4-6-16-7-5-12/h4-8,11,14H,9,15H2,1-3H3. The van der Waals surface area contributed by atoms with Gasteiger partial charge in [-0.25, -0.2) is 0 Å². The maximum atomic E-state index is 6.12. The number of hydrogen-bond acceptors (Lipinski definition) is 5. The maximum Gasteiger partial charge on any atom is 0.133 e. The Morgan fingerprint density at radius 2 is 2.05 bits per heavy atom. The summed E-state index contributed by atoms with van der Waals surface area (Å²) in [6.07, 6.45) is 3.58. The van der Waals surface area contributed by atoms with Gasteiger partial charge in [0.2, 0.25) is 0 Å². The number of aromatic nitrogens is 2. The van der Waals surface area contributed by atoms with E-state index in [0.29, 0.717) is 6.54 Å². The first kappa shape index (κ1) is 13.7. The molecule has 2 rings (SSSR count). The monoisotopic (exact) mass is 260 g/mol. The average Bonchev–Trinajstić information content (AvgIpc) is 2.75. The average molecular weight is 260 g/mol.